The SMILES string of the molecule is O=C(CCc1ccccc1)C1CCOC2(CCC2)C1. The van der Waals surface area contributed by atoms with E-state index in [2.05, 4.69) is 12.1 Å². The molecule has 1 aromatic rings. The predicted molar refractivity (Wildman–Crippen MR) is 75.0 cm³/mol. The van der Waals surface area contributed by atoms with Crippen LogP contribution in [0.15, 0.2) is 30.3 Å². The summed E-state index contributed by atoms with van der Waals surface area (Å²) in [5, 5.41) is 0. The maximum Gasteiger partial charge on any atom is 0.136 e. The van der Waals surface area contributed by atoms with E-state index in [9.17, 15) is 4.79 Å². The van der Waals surface area contributed by atoms with E-state index in [1.807, 2.05) is 18.2 Å². The summed E-state index contributed by atoms with van der Waals surface area (Å²) < 4.78 is 5.89. The fourth-order valence-corrected chi connectivity index (χ4v) is 3.34. The summed E-state index contributed by atoms with van der Waals surface area (Å²) in [7, 11) is 0. The molecule has 1 saturated carbocycles. The number of ether oxygens (including phenoxy) is 1. The monoisotopic (exact) mass is 258 g/mol. The van der Waals surface area contributed by atoms with Gasteiger partial charge in [-0.1, -0.05) is 30.3 Å². The number of Topliss-reactive ketones (excluding diaryl/α,β-unsaturated/α-hetero) is 1. The van der Waals surface area contributed by atoms with Crippen molar-refractivity contribution < 1.29 is 9.53 Å². The lowest BCUT2D eigenvalue weighted by atomic mass is 9.71. The topological polar surface area (TPSA) is 26.3 Å². The molecule has 0 bridgehead atoms. The van der Waals surface area contributed by atoms with Crippen LogP contribution in [0.25, 0.3) is 0 Å². The van der Waals surface area contributed by atoms with Gasteiger partial charge in [-0.05, 0) is 44.1 Å². The van der Waals surface area contributed by atoms with Crippen LogP contribution < -0.4 is 0 Å². The zero-order valence-electron chi connectivity index (χ0n) is 11.4. The smallest absolute Gasteiger partial charge is 0.136 e. The Labute approximate surface area is 115 Å². The van der Waals surface area contributed by atoms with Crippen LogP contribution in [0.5, 0.6) is 0 Å². The lowest BCUT2D eigenvalue weighted by Gasteiger charge is -2.46. The molecule has 19 heavy (non-hydrogen) atoms. The van der Waals surface area contributed by atoms with E-state index in [0.717, 1.165) is 38.7 Å². The molecule has 0 N–H and O–H groups in total. The number of carbonyl (C=O) groups is 1. The number of carbonyl (C=O) groups excluding carboxylic acids is 1. The number of ketones is 1. The summed E-state index contributed by atoms with van der Waals surface area (Å²) >= 11 is 0. The van der Waals surface area contributed by atoms with Crippen LogP contribution in [-0.2, 0) is 16.0 Å². The highest BCUT2D eigenvalue weighted by molar-refractivity contribution is 5.81. The molecular weight excluding hydrogens is 236 g/mol. The van der Waals surface area contributed by atoms with Gasteiger partial charge >= 0.3 is 0 Å². The molecule has 1 aliphatic heterocycles. The minimum Gasteiger partial charge on any atom is -0.375 e. The molecule has 1 spiro atoms. The standard InChI is InChI=1S/C17H22O2/c18-16(8-7-14-5-2-1-3-6-14)15-9-12-19-17(13-15)10-4-11-17/h1-3,5-6,15H,4,7-13H2. The van der Waals surface area contributed by atoms with Crippen LogP contribution in [0.2, 0.25) is 0 Å². The zero-order chi connectivity index (χ0) is 13.1. The third kappa shape index (κ3) is 2.89. The van der Waals surface area contributed by atoms with Gasteiger partial charge < -0.3 is 4.74 Å². The lowest BCUT2D eigenvalue weighted by Crippen LogP contribution is -2.47. The number of hydrogen-bond acceptors (Lipinski definition) is 2. The molecule has 1 heterocycles. The predicted octanol–water partition coefficient (Wildman–Crippen LogP) is 3.54. The van der Waals surface area contributed by atoms with Crippen LogP contribution in [0.3, 0.4) is 0 Å². The van der Waals surface area contributed by atoms with Gasteiger partial charge in [-0.3, -0.25) is 4.79 Å². The second-order valence-electron chi connectivity index (χ2n) is 6.03. The second kappa shape index (κ2) is 5.46. The van der Waals surface area contributed by atoms with Crippen molar-refractivity contribution in [2.75, 3.05) is 6.61 Å². The molecule has 3 rings (SSSR count). The molecule has 0 aromatic heterocycles. The Balaban J connectivity index is 1.52. The highest BCUT2D eigenvalue weighted by Crippen LogP contribution is 2.44. The first-order valence-corrected chi connectivity index (χ1v) is 7.48. The second-order valence-corrected chi connectivity index (χ2v) is 6.03. The number of benzene rings is 1. The Bertz CT molecular complexity index is 434. The summed E-state index contributed by atoms with van der Waals surface area (Å²) in [4.78, 5) is 12.3. The molecule has 2 nitrogen and oxygen atoms in total. The summed E-state index contributed by atoms with van der Waals surface area (Å²) in [5.74, 6) is 0.691. The molecule has 0 radical (unpaired) electrons. The summed E-state index contributed by atoms with van der Waals surface area (Å²) in [6, 6.07) is 10.3. The number of rotatable bonds is 4. The van der Waals surface area contributed by atoms with Crippen molar-refractivity contribution in [3.05, 3.63) is 35.9 Å². The summed E-state index contributed by atoms with van der Waals surface area (Å²) in [6.07, 6.45) is 7.06. The van der Waals surface area contributed by atoms with Gasteiger partial charge in [0, 0.05) is 18.9 Å². The molecule has 1 aromatic carbocycles. The maximum absolute atomic E-state index is 12.3. The lowest BCUT2D eigenvalue weighted by molar-refractivity contribution is -0.155. The Morgan fingerprint density at radius 3 is 2.74 bits per heavy atom. The molecule has 2 fully saturated rings. The fourth-order valence-electron chi connectivity index (χ4n) is 3.34. The highest BCUT2D eigenvalue weighted by atomic mass is 16.5. The maximum atomic E-state index is 12.3. The molecular formula is C17H22O2. The van der Waals surface area contributed by atoms with Gasteiger partial charge in [0.15, 0.2) is 0 Å². The summed E-state index contributed by atoms with van der Waals surface area (Å²) in [5.41, 5.74) is 1.35. The first-order chi connectivity index (χ1) is 9.27. The van der Waals surface area contributed by atoms with Crippen LogP contribution in [0.4, 0.5) is 0 Å². The van der Waals surface area contributed by atoms with Gasteiger partial charge in [-0.2, -0.15) is 0 Å². The first-order valence-electron chi connectivity index (χ1n) is 7.48. The molecule has 1 aliphatic carbocycles. The molecule has 1 saturated heterocycles. The van der Waals surface area contributed by atoms with Crippen molar-refractivity contribution in [3.8, 4) is 0 Å². The van der Waals surface area contributed by atoms with E-state index < -0.39 is 0 Å². The van der Waals surface area contributed by atoms with Crippen LogP contribution in [0, 0.1) is 5.92 Å². The minimum atomic E-state index is 0.0886. The van der Waals surface area contributed by atoms with Crippen molar-refractivity contribution in [3.63, 3.8) is 0 Å². The van der Waals surface area contributed by atoms with Crippen LogP contribution in [0.1, 0.15) is 44.1 Å². The highest BCUT2D eigenvalue weighted by Gasteiger charge is 2.43. The van der Waals surface area contributed by atoms with Crippen molar-refractivity contribution in [1.29, 1.82) is 0 Å². The van der Waals surface area contributed by atoms with Gasteiger partial charge in [0.25, 0.3) is 0 Å². The Kier molecular flexibility index (Phi) is 3.69. The average Bonchev–Trinajstić information content (AvgIpc) is 2.44. The molecule has 1 atom stereocenters. The van der Waals surface area contributed by atoms with Crippen molar-refractivity contribution in [2.24, 2.45) is 5.92 Å². The van der Waals surface area contributed by atoms with Crippen molar-refractivity contribution >= 4 is 5.78 Å². The van der Waals surface area contributed by atoms with Crippen molar-refractivity contribution in [2.45, 2.75) is 50.5 Å². The van der Waals surface area contributed by atoms with Crippen LogP contribution >= 0.6 is 0 Å². The largest absolute Gasteiger partial charge is 0.375 e. The van der Waals surface area contributed by atoms with Crippen molar-refractivity contribution in [1.82, 2.24) is 0 Å². The van der Waals surface area contributed by atoms with E-state index in [-0.39, 0.29) is 11.5 Å². The summed E-state index contributed by atoms with van der Waals surface area (Å²) in [6.45, 7) is 0.780. The Hall–Kier alpha value is -1.15. The van der Waals surface area contributed by atoms with Gasteiger partial charge in [0.1, 0.15) is 5.78 Å². The zero-order valence-corrected chi connectivity index (χ0v) is 11.4. The van der Waals surface area contributed by atoms with Crippen LogP contribution in [-0.4, -0.2) is 18.0 Å². The number of aryl methyl sites for hydroxylation is 1. The normalized spacial score (nSPS) is 24.9. The van der Waals surface area contributed by atoms with Gasteiger partial charge in [-0.25, -0.2) is 0 Å². The molecule has 2 aliphatic rings. The minimum absolute atomic E-state index is 0.0886. The average molecular weight is 258 g/mol. The van der Waals surface area contributed by atoms with E-state index >= 15 is 0 Å². The molecule has 102 valence electrons. The van der Waals surface area contributed by atoms with Gasteiger partial charge in [-0.15, -0.1) is 0 Å². The Morgan fingerprint density at radius 1 is 1.26 bits per heavy atom. The quantitative estimate of drug-likeness (QED) is 0.825. The third-order valence-corrected chi connectivity index (χ3v) is 4.72. The number of hydrogen-bond donors (Lipinski definition) is 0. The van der Waals surface area contributed by atoms with Gasteiger partial charge in [0.05, 0.1) is 5.60 Å². The molecule has 2 heteroatoms. The van der Waals surface area contributed by atoms with Gasteiger partial charge in [0.2, 0.25) is 0 Å². The van der Waals surface area contributed by atoms with E-state index in [4.69, 9.17) is 4.74 Å². The van der Waals surface area contributed by atoms with E-state index in [1.165, 1.54) is 12.0 Å². The third-order valence-electron chi connectivity index (χ3n) is 4.72. The fraction of sp³-hybridized carbons (Fsp3) is 0.588. The van der Waals surface area contributed by atoms with E-state index in [1.54, 1.807) is 0 Å². The first kappa shape index (κ1) is 12.9. The molecule has 0 amide bonds. The molecule has 1 unspecified atom stereocenters. The Morgan fingerprint density at radius 2 is 2.05 bits per heavy atom. The van der Waals surface area contributed by atoms with E-state index in [0.29, 0.717) is 12.2 Å².